The van der Waals surface area contributed by atoms with Crippen molar-refractivity contribution in [2.75, 3.05) is 46.3 Å². The van der Waals surface area contributed by atoms with Crippen LogP contribution in [0.3, 0.4) is 0 Å². The highest BCUT2D eigenvalue weighted by molar-refractivity contribution is 5.94. The summed E-state index contributed by atoms with van der Waals surface area (Å²) in [4.78, 5) is 28.3. The van der Waals surface area contributed by atoms with Gasteiger partial charge in [0.15, 0.2) is 0 Å². The first-order valence-corrected chi connectivity index (χ1v) is 10.4. The zero-order valence-corrected chi connectivity index (χ0v) is 17.5. The van der Waals surface area contributed by atoms with Crippen molar-refractivity contribution in [3.8, 4) is 11.5 Å². The SMILES string of the molecule is CN1CCN(CCCCNC(=O)c2ccc(Oc3ccc(C(N)=O)cc3)cc2)CC1. The fraction of sp³-hybridized carbons (Fsp3) is 0.391. The molecule has 3 N–H and O–H groups in total. The molecule has 2 amide bonds. The third-order valence-corrected chi connectivity index (χ3v) is 5.27. The van der Waals surface area contributed by atoms with Crippen molar-refractivity contribution in [3.63, 3.8) is 0 Å². The number of piperazine rings is 1. The van der Waals surface area contributed by atoms with Gasteiger partial charge >= 0.3 is 0 Å². The third-order valence-electron chi connectivity index (χ3n) is 5.27. The fourth-order valence-corrected chi connectivity index (χ4v) is 3.33. The Balaban J connectivity index is 1.37. The Labute approximate surface area is 177 Å². The number of nitrogens with one attached hydrogen (secondary N) is 1. The molecule has 0 aromatic heterocycles. The van der Waals surface area contributed by atoms with E-state index >= 15 is 0 Å². The second kappa shape index (κ2) is 10.8. The maximum Gasteiger partial charge on any atom is 0.251 e. The van der Waals surface area contributed by atoms with E-state index in [1.54, 1.807) is 48.5 Å². The van der Waals surface area contributed by atoms with Gasteiger partial charge < -0.3 is 25.6 Å². The number of ether oxygens (including phenoxy) is 1. The van der Waals surface area contributed by atoms with Crippen LogP contribution >= 0.6 is 0 Å². The van der Waals surface area contributed by atoms with E-state index < -0.39 is 5.91 Å². The summed E-state index contributed by atoms with van der Waals surface area (Å²) in [6, 6.07) is 13.6. The summed E-state index contributed by atoms with van der Waals surface area (Å²) in [6.07, 6.45) is 2.06. The molecule has 0 aliphatic carbocycles. The predicted molar refractivity (Wildman–Crippen MR) is 117 cm³/mol. The third kappa shape index (κ3) is 6.57. The number of hydrogen-bond donors (Lipinski definition) is 2. The van der Waals surface area contributed by atoms with Crippen LogP contribution in [0.15, 0.2) is 48.5 Å². The van der Waals surface area contributed by atoms with E-state index in [1.807, 2.05) is 0 Å². The number of unbranched alkanes of at least 4 members (excludes halogenated alkanes) is 1. The lowest BCUT2D eigenvalue weighted by Gasteiger charge is -2.32. The van der Waals surface area contributed by atoms with Gasteiger partial charge in [-0.1, -0.05) is 0 Å². The Morgan fingerprint density at radius 1 is 0.900 bits per heavy atom. The Kier molecular flexibility index (Phi) is 7.82. The maximum absolute atomic E-state index is 12.3. The molecule has 0 spiro atoms. The Morgan fingerprint density at radius 2 is 1.47 bits per heavy atom. The molecule has 1 saturated heterocycles. The summed E-state index contributed by atoms with van der Waals surface area (Å²) >= 11 is 0. The molecular formula is C23H30N4O3. The number of rotatable bonds is 9. The zero-order chi connectivity index (χ0) is 21.3. The van der Waals surface area contributed by atoms with Gasteiger partial charge in [-0.05, 0) is 75.0 Å². The van der Waals surface area contributed by atoms with Crippen LogP contribution in [0.1, 0.15) is 33.6 Å². The van der Waals surface area contributed by atoms with Gasteiger partial charge in [-0.25, -0.2) is 0 Å². The van der Waals surface area contributed by atoms with E-state index in [4.69, 9.17) is 10.5 Å². The summed E-state index contributed by atoms with van der Waals surface area (Å²) in [7, 11) is 2.16. The van der Waals surface area contributed by atoms with E-state index in [9.17, 15) is 9.59 Å². The van der Waals surface area contributed by atoms with Crippen LogP contribution in [0.2, 0.25) is 0 Å². The molecule has 7 heteroatoms. The van der Waals surface area contributed by atoms with Crippen LogP contribution in [0.5, 0.6) is 11.5 Å². The van der Waals surface area contributed by atoms with Gasteiger partial charge in [0.05, 0.1) is 0 Å². The number of hydrogen-bond acceptors (Lipinski definition) is 5. The molecule has 1 heterocycles. The number of nitrogens with two attached hydrogens (primary N) is 1. The van der Waals surface area contributed by atoms with Crippen molar-refractivity contribution < 1.29 is 14.3 Å². The van der Waals surface area contributed by atoms with Crippen molar-refractivity contribution >= 4 is 11.8 Å². The number of benzene rings is 2. The van der Waals surface area contributed by atoms with E-state index in [1.165, 1.54) is 0 Å². The first-order chi connectivity index (χ1) is 14.5. The molecule has 0 unspecified atom stereocenters. The van der Waals surface area contributed by atoms with Crippen LogP contribution in [0, 0.1) is 0 Å². The molecule has 0 bridgehead atoms. The average molecular weight is 411 g/mol. The average Bonchev–Trinajstić information content (AvgIpc) is 2.75. The molecule has 0 atom stereocenters. The van der Waals surface area contributed by atoms with Crippen molar-refractivity contribution in [2.24, 2.45) is 5.73 Å². The molecule has 160 valence electrons. The summed E-state index contributed by atoms with van der Waals surface area (Å²) in [6.45, 7) is 6.30. The van der Waals surface area contributed by atoms with Crippen LogP contribution < -0.4 is 15.8 Å². The largest absolute Gasteiger partial charge is 0.457 e. The Bertz CT molecular complexity index is 829. The standard InChI is InChI=1S/C23H30N4O3/c1-26-14-16-27(17-15-26)13-3-2-12-25-23(29)19-6-10-21(11-7-19)30-20-8-4-18(5-9-20)22(24)28/h4-11H,2-3,12-17H2,1H3,(H2,24,28)(H,25,29). The minimum Gasteiger partial charge on any atom is -0.457 e. The van der Waals surface area contributed by atoms with E-state index in [2.05, 4.69) is 22.2 Å². The minimum absolute atomic E-state index is 0.0769. The molecule has 7 nitrogen and oxygen atoms in total. The Hall–Kier alpha value is -2.90. The molecule has 30 heavy (non-hydrogen) atoms. The van der Waals surface area contributed by atoms with Gasteiger partial charge in [0.25, 0.3) is 5.91 Å². The van der Waals surface area contributed by atoms with Crippen molar-refractivity contribution in [1.29, 1.82) is 0 Å². The number of carbonyl (C=O) groups excluding carboxylic acids is 2. The summed E-state index contributed by atoms with van der Waals surface area (Å²) in [5.41, 5.74) is 6.26. The minimum atomic E-state index is -0.476. The van der Waals surface area contributed by atoms with E-state index in [0.717, 1.165) is 45.6 Å². The lowest BCUT2D eigenvalue weighted by molar-refractivity contribution is 0.0950. The molecule has 3 rings (SSSR count). The quantitative estimate of drug-likeness (QED) is 0.620. The molecule has 1 fully saturated rings. The topological polar surface area (TPSA) is 87.9 Å². The summed E-state index contributed by atoms with van der Waals surface area (Å²) in [5.74, 6) is 0.659. The molecule has 0 radical (unpaired) electrons. The Morgan fingerprint density at radius 3 is 2.03 bits per heavy atom. The lowest BCUT2D eigenvalue weighted by atomic mass is 10.2. The highest BCUT2D eigenvalue weighted by Crippen LogP contribution is 2.22. The first kappa shape index (κ1) is 21.8. The first-order valence-electron chi connectivity index (χ1n) is 10.4. The number of primary amides is 1. The number of nitrogens with zero attached hydrogens (tertiary/aromatic N) is 2. The van der Waals surface area contributed by atoms with Crippen LogP contribution in [-0.4, -0.2) is 67.9 Å². The van der Waals surface area contributed by atoms with Gasteiger partial charge in [-0.2, -0.15) is 0 Å². The van der Waals surface area contributed by atoms with Crippen LogP contribution in [-0.2, 0) is 0 Å². The normalized spacial score (nSPS) is 15.0. The van der Waals surface area contributed by atoms with Gasteiger partial charge in [0.1, 0.15) is 11.5 Å². The summed E-state index contributed by atoms with van der Waals surface area (Å²) in [5, 5.41) is 2.98. The van der Waals surface area contributed by atoms with E-state index in [-0.39, 0.29) is 5.91 Å². The maximum atomic E-state index is 12.3. The molecule has 2 aromatic carbocycles. The van der Waals surface area contributed by atoms with Crippen molar-refractivity contribution in [1.82, 2.24) is 15.1 Å². The van der Waals surface area contributed by atoms with Crippen molar-refractivity contribution in [2.45, 2.75) is 12.8 Å². The number of carbonyl (C=O) groups is 2. The second-order valence-corrected chi connectivity index (χ2v) is 7.62. The van der Waals surface area contributed by atoms with Crippen LogP contribution in [0.4, 0.5) is 0 Å². The summed E-state index contributed by atoms with van der Waals surface area (Å²) < 4.78 is 5.73. The molecule has 2 aromatic rings. The smallest absolute Gasteiger partial charge is 0.251 e. The zero-order valence-electron chi connectivity index (χ0n) is 17.5. The van der Waals surface area contributed by atoms with Gasteiger partial charge in [-0.3, -0.25) is 9.59 Å². The molecule has 1 aliphatic heterocycles. The molecule has 1 aliphatic rings. The monoisotopic (exact) mass is 410 g/mol. The van der Waals surface area contributed by atoms with Crippen LogP contribution in [0.25, 0.3) is 0 Å². The number of likely N-dealkylation sites (N-methyl/N-ethyl adjacent to an activating group) is 1. The highest BCUT2D eigenvalue weighted by Gasteiger charge is 2.13. The second-order valence-electron chi connectivity index (χ2n) is 7.62. The lowest BCUT2D eigenvalue weighted by Crippen LogP contribution is -2.44. The van der Waals surface area contributed by atoms with E-state index in [0.29, 0.717) is 29.2 Å². The van der Waals surface area contributed by atoms with Gasteiger partial charge in [0, 0.05) is 43.9 Å². The number of amides is 2. The van der Waals surface area contributed by atoms with Crippen molar-refractivity contribution in [3.05, 3.63) is 59.7 Å². The fourth-order valence-electron chi connectivity index (χ4n) is 3.33. The van der Waals surface area contributed by atoms with Gasteiger partial charge in [-0.15, -0.1) is 0 Å². The highest BCUT2D eigenvalue weighted by atomic mass is 16.5. The van der Waals surface area contributed by atoms with Gasteiger partial charge in [0.2, 0.25) is 5.91 Å². The molecular weight excluding hydrogens is 380 g/mol. The predicted octanol–water partition coefficient (Wildman–Crippen LogP) is 2.34. The molecule has 0 saturated carbocycles.